The van der Waals surface area contributed by atoms with Crippen LogP contribution in [0.2, 0.25) is 5.02 Å². The molecule has 234 valence electrons. The van der Waals surface area contributed by atoms with Crippen molar-refractivity contribution in [3.63, 3.8) is 0 Å². The van der Waals surface area contributed by atoms with Gasteiger partial charge in [-0.1, -0.05) is 30.3 Å². The summed E-state index contributed by atoms with van der Waals surface area (Å²) in [4.78, 5) is 25.9. The van der Waals surface area contributed by atoms with Crippen LogP contribution < -0.4 is 10.1 Å². The number of hydrogen-bond donors (Lipinski definition) is 3. The average Bonchev–Trinajstić information content (AvgIpc) is 3.65. The van der Waals surface area contributed by atoms with E-state index in [1.807, 2.05) is 0 Å². The molecule has 44 heavy (non-hydrogen) atoms. The molecule has 0 radical (unpaired) electrons. The molecule has 3 N–H and O–H groups in total. The highest BCUT2D eigenvalue weighted by molar-refractivity contribution is 6.33. The summed E-state index contributed by atoms with van der Waals surface area (Å²) in [5.41, 5.74) is -1.52. The number of aliphatic hydroxyl groups is 1. The van der Waals surface area contributed by atoms with Crippen molar-refractivity contribution in [2.75, 3.05) is 44.8 Å². The quantitative estimate of drug-likeness (QED) is 0.289. The molecule has 0 saturated carbocycles. The Bertz CT molecular complexity index is 1580. The Morgan fingerprint density at radius 2 is 1.86 bits per heavy atom. The lowest BCUT2D eigenvalue weighted by atomic mass is 9.79. The number of aryl methyl sites for hydroxylation is 1. The average molecular weight is 632 g/mol. The third-order valence-corrected chi connectivity index (χ3v) is 8.72. The van der Waals surface area contributed by atoms with Crippen LogP contribution in [0.25, 0.3) is 11.2 Å². The summed E-state index contributed by atoms with van der Waals surface area (Å²) in [5, 5.41) is 13.6. The van der Waals surface area contributed by atoms with Gasteiger partial charge in [0.05, 0.1) is 37.0 Å². The van der Waals surface area contributed by atoms with E-state index in [1.165, 1.54) is 24.3 Å². The SMILES string of the molecule is C=C[C@]12OC[C@@H](Oc3nc4nc(NCc5c(F)cc(CCC(=O)N6CCOCC6)cc5F)c(Cl)cc4[nH]3)[C@@]1(C=C)OC[C@H]2O. The van der Waals surface area contributed by atoms with Gasteiger partial charge in [-0.3, -0.25) is 4.79 Å². The van der Waals surface area contributed by atoms with E-state index in [1.54, 1.807) is 11.0 Å². The van der Waals surface area contributed by atoms with Crippen LogP contribution in [0.1, 0.15) is 17.5 Å². The highest BCUT2D eigenvalue weighted by Crippen LogP contribution is 2.49. The molecule has 0 unspecified atom stereocenters. The minimum Gasteiger partial charge on any atom is -0.455 e. The minimum absolute atomic E-state index is 0.0166. The highest BCUT2D eigenvalue weighted by Gasteiger charge is 2.69. The Morgan fingerprint density at radius 3 is 2.57 bits per heavy atom. The van der Waals surface area contributed by atoms with Crippen molar-refractivity contribution in [1.82, 2.24) is 19.9 Å². The molecule has 3 aromatic rings. The van der Waals surface area contributed by atoms with Gasteiger partial charge in [0.1, 0.15) is 23.6 Å². The van der Waals surface area contributed by atoms with E-state index in [9.17, 15) is 18.7 Å². The smallest absolute Gasteiger partial charge is 0.296 e. The topological polar surface area (TPSA) is 131 Å². The Morgan fingerprint density at radius 1 is 1.16 bits per heavy atom. The number of ether oxygens (including phenoxy) is 4. The number of anilines is 1. The lowest BCUT2D eigenvalue weighted by molar-refractivity contribution is -0.135. The number of nitrogens with zero attached hydrogens (tertiary/aromatic N) is 3. The summed E-state index contributed by atoms with van der Waals surface area (Å²) in [6.45, 7) is 9.55. The molecule has 3 fully saturated rings. The normalized spacial score (nSPS) is 26.5. The van der Waals surface area contributed by atoms with Crippen LogP contribution in [0.15, 0.2) is 43.5 Å². The summed E-state index contributed by atoms with van der Waals surface area (Å²) in [5.74, 6) is -1.40. The molecular formula is C30H32ClF2N5O6. The molecule has 3 saturated heterocycles. The highest BCUT2D eigenvalue weighted by atomic mass is 35.5. The van der Waals surface area contributed by atoms with Gasteiger partial charge >= 0.3 is 0 Å². The van der Waals surface area contributed by atoms with Gasteiger partial charge in [0.15, 0.2) is 23.0 Å². The van der Waals surface area contributed by atoms with E-state index in [4.69, 9.17) is 30.5 Å². The second-order valence-corrected chi connectivity index (χ2v) is 11.3. The van der Waals surface area contributed by atoms with Crippen molar-refractivity contribution in [2.24, 2.45) is 0 Å². The number of nitrogens with one attached hydrogen (secondary N) is 2. The maximum Gasteiger partial charge on any atom is 0.296 e. The van der Waals surface area contributed by atoms with E-state index in [2.05, 4.69) is 33.4 Å². The zero-order chi connectivity index (χ0) is 31.1. The summed E-state index contributed by atoms with van der Waals surface area (Å²) < 4.78 is 53.0. The molecule has 3 aliphatic rings. The molecule has 1 aromatic carbocycles. The van der Waals surface area contributed by atoms with E-state index in [-0.39, 0.29) is 66.6 Å². The number of aliphatic hydroxyl groups excluding tert-OH is 1. The van der Waals surface area contributed by atoms with Gasteiger partial charge in [0.2, 0.25) is 5.91 Å². The van der Waals surface area contributed by atoms with E-state index in [0.717, 1.165) is 0 Å². The number of hydrogen-bond acceptors (Lipinski definition) is 9. The van der Waals surface area contributed by atoms with E-state index < -0.39 is 35.0 Å². The molecule has 5 heterocycles. The molecule has 3 aliphatic heterocycles. The maximum atomic E-state index is 14.9. The number of imidazole rings is 1. The van der Waals surface area contributed by atoms with Gasteiger partial charge in [-0.15, -0.1) is 6.58 Å². The zero-order valence-electron chi connectivity index (χ0n) is 23.8. The fraction of sp³-hybridized carbons (Fsp3) is 0.433. The Hall–Kier alpha value is -3.62. The fourth-order valence-corrected chi connectivity index (χ4v) is 6.22. The van der Waals surface area contributed by atoms with Crippen LogP contribution in [0, 0.1) is 11.6 Å². The number of rotatable bonds is 10. The van der Waals surface area contributed by atoms with E-state index >= 15 is 0 Å². The van der Waals surface area contributed by atoms with Crippen LogP contribution in [-0.2, 0) is 32.0 Å². The molecule has 0 bridgehead atoms. The van der Waals surface area contributed by atoms with Gasteiger partial charge in [-0.05, 0) is 30.2 Å². The van der Waals surface area contributed by atoms with Crippen LogP contribution in [0.4, 0.5) is 14.6 Å². The summed E-state index contributed by atoms with van der Waals surface area (Å²) in [6.07, 6.45) is 1.74. The number of H-pyrrole nitrogens is 1. The largest absolute Gasteiger partial charge is 0.455 e. The van der Waals surface area contributed by atoms with Gasteiger partial charge in [-0.25, -0.2) is 13.8 Å². The van der Waals surface area contributed by atoms with Gasteiger partial charge in [0, 0.05) is 31.6 Å². The van der Waals surface area contributed by atoms with Crippen molar-refractivity contribution < 1.29 is 37.6 Å². The van der Waals surface area contributed by atoms with Crippen LogP contribution >= 0.6 is 11.6 Å². The predicted molar refractivity (Wildman–Crippen MR) is 156 cm³/mol. The van der Waals surface area contributed by atoms with Crippen molar-refractivity contribution in [3.05, 3.63) is 71.3 Å². The van der Waals surface area contributed by atoms with Crippen LogP contribution in [0.3, 0.4) is 0 Å². The number of pyridine rings is 1. The van der Waals surface area contributed by atoms with Crippen LogP contribution in [-0.4, -0.2) is 93.8 Å². The zero-order valence-corrected chi connectivity index (χ0v) is 24.5. The fourth-order valence-electron chi connectivity index (χ4n) is 6.00. The standard InChI is InChI=1S/C30H32ClF2N5O6/c1-3-29-23(39)15-42-30(29,4-2)24(16-43-29)44-28-35-22-13-19(31)26(36-27(22)37-28)34-14-18-20(32)11-17(12-21(18)33)5-6-25(40)38-7-9-41-10-8-38/h3-4,11-13,23-24,39H,1-2,5-10,14-16H2,(H2,34,35,36,37)/t23-,24-,29-,30-/m1/s1. The molecule has 6 rings (SSSR count). The molecule has 11 nitrogen and oxygen atoms in total. The minimum atomic E-state index is -1.22. The predicted octanol–water partition coefficient (Wildman–Crippen LogP) is 3.31. The molecule has 1 amide bonds. The number of aromatic nitrogens is 3. The summed E-state index contributed by atoms with van der Waals surface area (Å²) >= 11 is 6.42. The number of fused-ring (bicyclic) bond motifs is 2. The molecular weight excluding hydrogens is 600 g/mol. The Kier molecular flexibility index (Phi) is 8.33. The van der Waals surface area contributed by atoms with Gasteiger partial charge in [0.25, 0.3) is 6.01 Å². The third-order valence-electron chi connectivity index (χ3n) is 8.43. The third kappa shape index (κ3) is 5.22. The molecule has 0 spiro atoms. The van der Waals surface area contributed by atoms with Crippen molar-refractivity contribution in [2.45, 2.75) is 42.8 Å². The first kappa shape index (κ1) is 30.4. The second kappa shape index (κ2) is 12.1. The maximum absolute atomic E-state index is 14.9. The number of halogens is 3. The van der Waals surface area contributed by atoms with Crippen molar-refractivity contribution in [1.29, 1.82) is 0 Å². The van der Waals surface area contributed by atoms with Gasteiger partial charge in [-0.2, -0.15) is 4.98 Å². The molecule has 2 aromatic heterocycles. The number of morpholine rings is 1. The number of carbonyl (C=O) groups excluding carboxylic acids is 1. The number of carbonyl (C=O) groups is 1. The number of benzene rings is 1. The van der Waals surface area contributed by atoms with Crippen LogP contribution in [0.5, 0.6) is 6.01 Å². The Labute approximate surface area is 256 Å². The molecule has 0 aliphatic carbocycles. The first-order valence-corrected chi connectivity index (χ1v) is 14.6. The number of amides is 1. The van der Waals surface area contributed by atoms with E-state index in [0.29, 0.717) is 37.4 Å². The van der Waals surface area contributed by atoms with Crippen molar-refractivity contribution in [3.8, 4) is 6.01 Å². The monoisotopic (exact) mass is 631 g/mol. The first-order chi connectivity index (χ1) is 21.2. The second-order valence-electron chi connectivity index (χ2n) is 10.9. The number of aromatic amines is 1. The van der Waals surface area contributed by atoms with Gasteiger partial charge < -0.3 is 39.3 Å². The lowest BCUT2D eigenvalue weighted by Crippen LogP contribution is -2.56. The summed E-state index contributed by atoms with van der Waals surface area (Å²) in [7, 11) is 0. The lowest BCUT2D eigenvalue weighted by Gasteiger charge is -2.36. The Balaban J connectivity index is 1.12. The molecule has 4 atom stereocenters. The first-order valence-electron chi connectivity index (χ1n) is 14.2. The summed E-state index contributed by atoms with van der Waals surface area (Å²) in [6, 6.07) is 4.13. The molecule has 14 heteroatoms. The van der Waals surface area contributed by atoms with Crippen molar-refractivity contribution >= 4 is 34.5 Å².